The van der Waals surface area contributed by atoms with E-state index in [2.05, 4.69) is 20.9 Å². The van der Waals surface area contributed by atoms with Gasteiger partial charge in [0.25, 0.3) is 0 Å². The van der Waals surface area contributed by atoms with Crippen LogP contribution in [-0.4, -0.2) is 18.1 Å². The maximum Gasteiger partial charge on any atom is 0.314 e. The maximum absolute atomic E-state index is 11.4. The number of rotatable bonds is 3. The molecule has 0 aliphatic heterocycles. The van der Waals surface area contributed by atoms with E-state index >= 15 is 0 Å². The first-order valence-corrected chi connectivity index (χ1v) is 5.18. The minimum Gasteiger partial charge on any atom is -0.469 e. The van der Waals surface area contributed by atoms with E-state index in [-0.39, 0.29) is 11.9 Å². The van der Waals surface area contributed by atoms with Crippen molar-refractivity contribution in [2.75, 3.05) is 7.11 Å². The fourth-order valence-corrected chi connectivity index (χ4v) is 1.61. The zero-order valence-electron chi connectivity index (χ0n) is 8.16. The van der Waals surface area contributed by atoms with Crippen LogP contribution < -0.4 is 0 Å². The Balaban J connectivity index is 2.94. The molecule has 0 aliphatic carbocycles. The molecule has 1 heterocycles. The van der Waals surface area contributed by atoms with Crippen molar-refractivity contribution < 1.29 is 9.53 Å². The van der Waals surface area contributed by atoms with Crippen LogP contribution in [-0.2, 0) is 9.53 Å². The number of methoxy groups -OCH3 is 1. The van der Waals surface area contributed by atoms with Gasteiger partial charge < -0.3 is 4.74 Å². The molecular weight excluding hydrogens is 246 g/mol. The molecule has 1 atom stereocenters. The van der Waals surface area contributed by atoms with Gasteiger partial charge >= 0.3 is 5.97 Å². The first kappa shape index (κ1) is 11.2. The summed E-state index contributed by atoms with van der Waals surface area (Å²) in [7, 11) is 1.39. The molecule has 0 spiro atoms. The zero-order chi connectivity index (χ0) is 10.6. The molecule has 1 aromatic heterocycles. The fraction of sp³-hybridized carbons (Fsp3) is 0.400. The minimum atomic E-state index is -0.266. The van der Waals surface area contributed by atoms with Gasteiger partial charge in [-0.1, -0.05) is 13.0 Å². The van der Waals surface area contributed by atoms with Crippen molar-refractivity contribution in [1.82, 2.24) is 4.98 Å². The second-order valence-corrected chi connectivity index (χ2v) is 3.68. The van der Waals surface area contributed by atoms with Crippen LogP contribution in [0.15, 0.2) is 22.8 Å². The van der Waals surface area contributed by atoms with Gasteiger partial charge in [-0.05, 0) is 34.5 Å². The number of halogens is 1. The Hall–Kier alpha value is -0.900. The van der Waals surface area contributed by atoms with E-state index in [9.17, 15) is 4.79 Å². The van der Waals surface area contributed by atoms with E-state index in [1.54, 1.807) is 0 Å². The SMILES string of the molecule is CCC(C(=O)OC)c1cccc(Br)n1. The van der Waals surface area contributed by atoms with E-state index in [0.29, 0.717) is 6.42 Å². The van der Waals surface area contributed by atoms with Crippen molar-refractivity contribution in [1.29, 1.82) is 0 Å². The largest absolute Gasteiger partial charge is 0.469 e. The number of hydrogen-bond donors (Lipinski definition) is 0. The average molecular weight is 258 g/mol. The summed E-state index contributed by atoms with van der Waals surface area (Å²) >= 11 is 3.27. The lowest BCUT2D eigenvalue weighted by molar-refractivity contribution is -0.142. The smallest absolute Gasteiger partial charge is 0.314 e. The first-order valence-electron chi connectivity index (χ1n) is 4.39. The number of carbonyl (C=O) groups excluding carboxylic acids is 1. The van der Waals surface area contributed by atoms with Gasteiger partial charge in [0.15, 0.2) is 0 Å². The molecule has 0 amide bonds. The van der Waals surface area contributed by atoms with E-state index in [0.717, 1.165) is 10.3 Å². The van der Waals surface area contributed by atoms with Crippen LogP contribution in [0.2, 0.25) is 0 Å². The fourth-order valence-electron chi connectivity index (χ4n) is 1.26. The molecule has 76 valence electrons. The molecule has 0 aromatic carbocycles. The molecule has 0 N–H and O–H groups in total. The highest BCUT2D eigenvalue weighted by Crippen LogP contribution is 2.20. The van der Waals surface area contributed by atoms with E-state index in [4.69, 9.17) is 4.74 Å². The highest BCUT2D eigenvalue weighted by molar-refractivity contribution is 9.10. The van der Waals surface area contributed by atoms with Gasteiger partial charge in [-0.3, -0.25) is 4.79 Å². The molecule has 0 bridgehead atoms. The highest BCUT2D eigenvalue weighted by atomic mass is 79.9. The standard InChI is InChI=1S/C10H12BrNO2/c1-3-7(10(13)14-2)8-5-4-6-9(11)12-8/h4-7H,3H2,1-2H3. The Labute approximate surface area is 91.6 Å². The summed E-state index contributed by atoms with van der Waals surface area (Å²) in [5, 5.41) is 0. The molecule has 3 nitrogen and oxygen atoms in total. The summed E-state index contributed by atoms with van der Waals surface area (Å²) in [6, 6.07) is 5.52. The average Bonchev–Trinajstić information content (AvgIpc) is 2.19. The molecule has 14 heavy (non-hydrogen) atoms. The monoisotopic (exact) mass is 257 g/mol. The molecular formula is C10H12BrNO2. The van der Waals surface area contributed by atoms with E-state index in [1.807, 2.05) is 25.1 Å². The third kappa shape index (κ3) is 2.54. The van der Waals surface area contributed by atoms with Gasteiger partial charge in [0.1, 0.15) is 4.60 Å². The number of pyridine rings is 1. The summed E-state index contributed by atoms with van der Waals surface area (Å²) < 4.78 is 5.44. The summed E-state index contributed by atoms with van der Waals surface area (Å²) in [5.74, 6) is -0.504. The lowest BCUT2D eigenvalue weighted by atomic mass is 10.0. The highest BCUT2D eigenvalue weighted by Gasteiger charge is 2.20. The van der Waals surface area contributed by atoms with Crippen LogP contribution in [0.3, 0.4) is 0 Å². The van der Waals surface area contributed by atoms with E-state index in [1.165, 1.54) is 7.11 Å². The number of nitrogens with zero attached hydrogens (tertiary/aromatic N) is 1. The third-order valence-corrected chi connectivity index (χ3v) is 2.43. The predicted molar refractivity (Wildman–Crippen MR) is 57.0 cm³/mol. The van der Waals surface area contributed by atoms with Crippen LogP contribution in [0.1, 0.15) is 25.0 Å². The minimum absolute atomic E-state index is 0.238. The zero-order valence-corrected chi connectivity index (χ0v) is 9.74. The molecule has 4 heteroatoms. The Morgan fingerprint density at radius 1 is 1.64 bits per heavy atom. The number of hydrogen-bond acceptors (Lipinski definition) is 3. The van der Waals surface area contributed by atoms with Crippen molar-refractivity contribution in [2.45, 2.75) is 19.3 Å². The van der Waals surface area contributed by atoms with Crippen molar-refractivity contribution in [3.63, 3.8) is 0 Å². The van der Waals surface area contributed by atoms with Gasteiger partial charge in [-0.2, -0.15) is 0 Å². The van der Waals surface area contributed by atoms with Gasteiger partial charge in [-0.25, -0.2) is 4.98 Å². The van der Waals surface area contributed by atoms with Crippen molar-refractivity contribution in [2.24, 2.45) is 0 Å². The van der Waals surface area contributed by atoms with Crippen molar-refractivity contribution in [3.05, 3.63) is 28.5 Å². The molecule has 1 rings (SSSR count). The molecule has 0 fully saturated rings. The van der Waals surface area contributed by atoms with Crippen LogP contribution in [0.5, 0.6) is 0 Å². The molecule has 1 aromatic rings. The van der Waals surface area contributed by atoms with Crippen molar-refractivity contribution >= 4 is 21.9 Å². The topological polar surface area (TPSA) is 39.2 Å². The lowest BCUT2D eigenvalue weighted by Crippen LogP contribution is -2.14. The van der Waals surface area contributed by atoms with E-state index < -0.39 is 0 Å². The number of ether oxygens (including phenoxy) is 1. The molecule has 0 radical (unpaired) electrons. The van der Waals surface area contributed by atoms with Gasteiger partial charge in [0.2, 0.25) is 0 Å². The Morgan fingerprint density at radius 3 is 2.86 bits per heavy atom. The molecule has 0 saturated heterocycles. The quantitative estimate of drug-likeness (QED) is 0.617. The van der Waals surface area contributed by atoms with Crippen LogP contribution >= 0.6 is 15.9 Å². The number of aromatic nitrogens is 1. The first-order chi connectivity index (χ1) is 6.69. The van der Waals surface area contributed by atoms with Crippen LogP contribution in [0.25, 0.3) is 0 Å². The molecule has 0 aliphatic rings. The summed E-state index contributed by atoms with van der Waals surface area (Å²) in [5.41, 5.74) is 0.744. The van der Waals surface area contributed by atoms with Gasteiger partial charge in [0.05, 0.1) is 18.7 Å². The normalized spacial score (nSPS) is 12.2. The Kier molecular flexibility index (Phi) is 4.07. The van der Waals surface area contributed by atoms with Gasteiger partial charge in [-0.15, -0.1) is 0 Å². The Bertz CT molecular complexity index is 328. The second kappa shape index (κ2) is 5.10. The summed E-state index contributed by atoms with van der Waals surface area (Å²) in [6.07, 6.45) is 0.691. The van der Waals surface area contributed by atoms with Crippen LogP contribution in [0, 0.1) is 0 Å². The van der Waals surface area contributed by atoms with Gasteiger partial charge in [0, 0.05) is 0 Å². The number of carbonyl (C=O) groups is 1. The predicted octanol–water partition coefficient (Wildman–Crippen LogP) is 2.51. The number of esters is 1. The maximum atomic E-state index is 11.4. The summed E-state index contributed by atoms with van der Waals surface area (Å²) in [4.78, 5) is 15.6. The third-order valence-electron chi connectivity index (χ3n) is 1.99. The van der Waals surface area contributed by atoms with Crippen LogP contribution in [0.4, 0.5) is 0 Å². The van der Waals surface area contributed by atoms with Crippen molar-refractivity contribution in [3.8, 4) is 0 Å². The second-order valence-electron chi connectivity index (χ2n) is 2.87. The lowest BCUT2D eigenvalue weighted by Gasteiger charge is -2.11. The molecule has 1 unspecified atom stereocenters. The summed E-state index contributed by atoms with van der Waals surface area (Å²) in [6.45, 7) is 1.93. The molecule has 0 saturated carbocycles. The Morgan fingerprint density at radius 2 is 2.36 bits per heavy atom.